The quantitative estimate of drug-likeness (QED) is 0.421. The van der Waals surface area contributed by atoms with Crippen LogP contribution >= 0.6 is 0 Å². The Kier molecular flexibility index (Phi) is 7.42. The summed E-state index contributed by atoms with van der Waals surface area (Å²) in [4.78, 5) is 9.60. The Balaban J connectivity index is 0. The zero-order valence-corrected chi connectivity index (χ0v) is 6.46. The van der Waals surface area contributed by atoms with Crippen LogP contribution in [0, 0.1) is 0 Å². The van der Waals surface area contributed by atoms with E-state index in [9.17, 15) is 4.79 Å². The maximum absolute atomic E-state index is 9.60. The SMILES string of the molecule is C=C(C)C(=O)O.CN(C)O. The van der Waals surface area contributed by atoms with E-state index in [0.717, 1.165) is 5.06 Å². The van der Waals surface area contributed by atoms with Crippen LogP contribution in [0.15, 0.2) is 12.2 Å². The molecule has 0 spiro atoms. The fraction of sp³-hybridized carbons (Fsp3) is 0.500. The second-order valence-corrected chi connectivity index (χ2v) is 1.93. The highest BCUT2D eigenvalue weighted by Crippen LogP contribution is 1.81. The van der Waals surface area contributed by atoms with Crippen LogP contribution in [0.5, 0.6) is 0 Å². The van der Waals surface area contributed by atoms with E-state index in [-0.39, 0.29) is 5.57 Å². The molecule has 0 amide bonds. The number of carboxylic acids is 1. The fourth-order valence-corrected chi connectivity index (χ4v) is 0. The van der Waals surface area contributed by atoms with Crippen LogP contribution in [0.1, 0.15) is 6.92 Å². The lowest BCUT2D eigenvalue weighted by Crippen LogP contribution is -2.01. The summed E-state index contributed by atoms with van der Waals surface area (Å²) in [5.41, 5.74) is 0.176. The van der Waals surface area contributed by atoms with Crippen molar-refractivity contribution in [1.29, 1.82) is 0 Å². The van der Waals surface area contributed by atoms with Crippen LogP contribution in [0.4, 0.5) is 0 Å². The lowest BCUT2D eigenvalue weighted by molar-refractivity contribution is -0.132. The molecule has 0 atom stereocenters. The highest BCUT2D eigenvalue weighted by molar-refractivity contribution is 5.84. The van der Waals surface area contributed by atoms with E-state index in [4.69, 9.17) is 10.3 Å². The molecule has 0 rings (SSSR count). The summed E-state index contributed by atoms with van der Waals surface area (Å²) in [6, 6.07) is 0. The van der Waals surface area contributed by atoms with Gasteiger partial charge >= 0.3 is 5.97 Å². The maximum atomic E-state index is 9.60. The molecule has 0 aliphatic rings. The summed E-state index contributed by atoms with van der Waals surface area (Å²) in [6.07, 6.45) is 0. The largest absolute Gasteiger partial charge is 0.478 e. The van der Waals surface area contributed by atoms with Crippen LogP contribution in [-0.2, 0) is 4.79 Å². The van der Waals surface area contributed by atoms with Gasteiger partial charge in [-0.25, -0.2) is 4.79 Å². The van der Waals surface area contributed by atoms with Crippen LogP contribution in [-0.4, -0.2) is 35.4 Å². The van der Waals surface area contributed by atoms with Crippen molar-refractivity contribution in [3.05, 3.63) is 12.2 Å². The van der Waals surface area contributed by atoms with Gasteiger partial charge in [-0.1, -0.05) is 6.58 Å². The average Bonchev–Trinajstić information content (AvgIpc) is 1.63. The van der Waals surface area contributed by atoms with Gasteiger partial charge in [-0.2, -0.15) is 5.06 Å². The van der Waals surface area contributed by atoms with Crippen molar-refractivity contribution >= 4 is 5.97 Å². The topological polar surface area (TPSA) is 60.8 Å². The van der Waals surface area contributed by atoms with Crippen molar-refractivity contribution in [1.82, 2.24) is 5.06 Å². The molecule has 0 saturated carbocycles. The number of carboxylic acid groups (broad SMARTS) is 1. The Morgan fingerprint density at radius 1 is 1.50 bits per heavy atom. The summed E-state index contributed by atoms with van der Waals surface area (Å²) < 4.78 is 0. The molecule has 60 valence electrons. The van der Waals surface area contributed by atoms with E-state index in [1.165, 1.54) is 6.92 Å². The third-order valence-corrected chi connectivity index (χ3v) is 0.365. The van der Waals surface area contributed by atoms with Gasteiger partial charge in [-0.15, -0.1) is 0 Å². The van der Waals surface area contributed by atoms with Gasteiger partial charge < -0.3 is 10.3 Å². The van der Waals surface area contributed by atoms with Gasteiger partial charge in [0.1, 0.15) is 0 Å². The van der Waals surface area contributed by atoms with Crippen molar-refractivity contribution < 1.29 is 15.1 Å². The fourth-order valence-electron chi connectivity index (χ4n) is 0. The molecule has 0 aliphatic carbocycles. The minimum Gasteiger partial charge on any atom is -0.478 e. The lowest BCUT2D eigenvalue weighted by atomic mass is 10.4. The van der Waals surface area contributed by atoms with E-state index in [0.29, 0.717) is 0 Å². The molecule has 0 aromatic carbocycles. The smallest absolute Gasteiger partial charge is 0.330 e. The predicted molar refractivity (Wildman–Crippen MR) is 37.9 cm³/mol. The van der Waals surface area contributed by atoms with Crippen LogP contribution in [0.3, 0.4) is 0 Å². The molecule has 0 aromatic heterocycles. The summed E-state index contributed by atoms with van der Waals surface area (Å²) in [6.45, 7) is 4.60. The first-order valence-electron chi connectivity index (χ1n) is 2.63. The number of carbonyl (C=O) groups is 1. The number of nitrogens with zero attached hydrogens (tertiary/aromatic N) is 1. The Morgan fingerprint density at radius 3 is 1.60 bits per heavy atom. The monoisotopic (exact) mass is 147 g/mol. The molecule has 0 aromatic rings. The van der Waals surface area contributed by atoms with Crippen LogP contribution < -0.4 is 0 Å². The average molecular weight is 147 g/mol. The van der Waals surface area contributed by atoms with Crippen LogP contribution in [0.2, 0.25) is 0 Å². The van der Waals surface area contributed by atoms with Gasteiger partial charge in [0.15, 0.2) is 0 Å². The third kappa shape index (κ3) is 27.3. The minimum absolute atomic E-state index is 0.176. The van der Waals surface area contributed by atoms with Crippen molar-refractivity contribution in [2.75, 3.05) is 14.1 Å². The Labute approximate surface area is 60.3 Å². The lowest BCUT2D eigenvalue weighted by Gasteiger charge is -1.89. The first-order chi connectivity index (χ1) is 4.37. The minimum atomic E-state index is -0.935. The zero-order chi connectivity index (χ0) is 8.73. The number of rotatable bonds is 1. The first-order valence-corrected chi connectivity index (χ1v) is 2.63. The second kappa shape index (κ2) is 6.25. The summed E-state index contributed by atoms with van der Waals surface area (Å²) >= 11 is 0. The predicted octanol–water partition coefficient (Wildman–Crippen LogP) is 0.584. The molecule has 0 radical (unpaired) electrons. The van der Waals surface area contributed by atoms with Crippen molar-refractivity contribution in [2.45, 2.75) is 6.92 Å². The molecule has 0 aliphatic heterocycles. The van der Waals surface area contributed by atoms with Crippen molar-refractivity contribution in [3.8, 4) is 0 Å². The van der Waals surface area contributed by atoms with E-state index < -0.39 is 5.97 Å². The normalized spacial score (nSPS) is 8.10. The molecule has 2 N–H and O–H groups in total. The number of aliphatic carboxylic acids is 1. The van der Waals surface area contributed by atoms with E-state index in [1.807, 2.05) is 0 Å². The molecule has 10 heavy (non-hydrogen) atoms. The molecule has 0 saturated heterocycles. The maximum Gasteiger partial charge on any atom is 0.330 e. The molecule has 4 nitrogen and oxygen atoms in total. The van der Waals surface area contributed by atoms with Gasteiger partial charge in [0.05, 0.1) is 0 Å². The Hall–Kier alpha value is -0.870. The Morgan fingerprint density at radius 2 is 1.60 bits per heavy atom. The van der Waals surface area contributed by atoms with Crippen molar-refractivity contribution in [2.24, 2.45) is 0 Å². The summed E-state index contributed by atoms with van der Waals surface area (Å²) in [5, 5.41) is 16.8. The zero-order valence-electron chi connectivity index (χ0n) is 6.46. The molecular weight excluding hydrogens is 134 g/mol. The number of hydroxylamine groups is 2. The van der Waals surface area contributed by atoms with Crippen LogP contribution in [0.25, 0.3) is 0 Å². The number of hydrogen-bond acceptors (Lipinski definition) is 3. The van der Waals surface area contributed by atoms with E-state index in [2.05, 4.69) is 6.58 Å². The Bertz CT molecular complexity index is 105. The van der Waals surface area contributed by atoms with Gasteiger partial charge in [-0.3, -0.25) is 0 Å². The van der Waals surface area contributed by atoms with E-state index in [1.54, 1.807) is 14.1 Å². The standard InChI is InChI=1S/C4H6O2.C2H7NO/c1-3(2)4(5)6;1-3(2)4/h1H2,2H3,(H,5,6);4H,1-2H3. The second-order valence-electron chi connectivity index (χ2n) is 1.93. The van der Waals surface area contributed by atoms with Gasteiger partial charge in [0.2, 0.25) is 0 Å². The highest BCUT2D eigenvalue weighted by Gasteiger charge is 1.90. The molecule has 4 heteroatoms. The summed E-state index contributed by atoms with van der Waals surface area (Å²) in [7, 11) is 3.11. The summed E-state index contributed by atoms with van der Waals surface area (Å²) in [5.74, 6) is -0.935. The molecule has 0 fully saturated rings. The van der Waals surface area contributed by atoms with E-state index >= 15 is 0 Å². The third-order valence-electron chi connectivity index (χ3n) is 0.365. The molecule has 0 unspecified atom stereocenters. The molecular formula is C6H13NO3. The van der Waals surface area contributed by atoms with Gasteiger partial charge in [-0.05, 0) is 6.92 Å². The number of hydrogen-bond donors (Lipinski definition) is 2. The van der Waals surface area contributed by atoms with Crippen molar-refractivity contribution in [3.63, 3.8) is 0 Å². The molecule has 0 heterocycles. The van der Waals surface area contributed by atoms with Gasteiger partial charge in [0.25, 0.3) is 0 Å². The van der Waals surface area contributed by atoms with Gasteiger partial charge in [0, 0.05) is 19.7 Å². The first kappa shape index (κ1) is 11.9. The molecule has 0 bridgehead atoms. The highest BCUT2D eigenvalue weighted by atomic mass is 16.5.